The van der Waals surface area contributed by atoms with Gasteiger partial charge >= 0.3 is 0 Å². The van der Waals surface area contributed by atoms with Gasteiger partial charge in [-0.3, -0.25) is 9.80 Å². The third kappa shape index (κ3) is 3.40. The Morgan fingerprint density at radius 3 is 2.50 bits per heavy atom. The molecule has 16 heavy (non-hydrogen) atoms. The number of rotatable bonds is 4. The molecule has 5 nitrogen and oxygen atoms in total. The smallest absolute Gasteiger partial charge is 0.0634 e. The van der Waals surface area contributed by atoms with Crippen LogP contribution in [0.15, 0.2) is 0 Å². The zero-order valence-electron chi connectivity index (χ0n) is 9.94. The lowest BCUT2D eigenvalue weighted by Crippen LogP contribution is -2.52. The van der Waals surface area contributed by atoms with Crippen molar-refractivity contribution in [3.05, 3.63) is 0 Å². The second-order valence-corrected chi connectivity index (χ2v) is 4.45. The van der Waals surface area contributed by atoms with Crippen molar-refractivity contribution < 1.29 is 9.47 Å². The van der Waals surface area contributed by atoms with Crippen LogP contribution in [0.3, 0.4) is 0 Å². The first-order chi connectivity index (χ1) is 7.90. The number of nitrogens with two attached hydrogens (primary N) is 1. The van der Waals surface area contributed by atoms with Crippen LogP contribution >= 0.6 is 0 Å². The maximum Gasteiger partial charge on any atom is 0.0634 e. The molecule has 0 aromatic carbocycles. The summed E-state index contributed by atoms with van der Waals surface area (Å²) < 4.78 is 10.8. The number of ether oxygens (including phenoxy) is 2. The van der Waals surface area contributed by atoms with Gasteiger partial charge in [-0.25, -0.2) is 0 Å². The van der Waals surface area contributed by atoms with Crippen molar-refractivity contribution in [1.29, 1.82) is 0 Å². The summed E-state index contributed by atoms with van der Waals surface area (Å²) in [7, 11) is 0. The van der Waals surface area contributed by atoms with Crippen LogP contribution in [0, 0.1) is 0 Å². The molecular weight excluding hydrogens is 206 g/mol. The summed E-state index contributed by atoms with van der Waals surface area (Å²) in [6.07, 6.45) is 0. The van der Waals surface area contributed by atoms with Crippen molar-refractivity contribution in [2.75, 3.05) is 65.7 Å². The molecule has 0 saturated carbocycles. The summed E-state index contributed by atoms with van der Waals surface area (Å²) >= 11 is 0. The summed E-state index contributed by atoms with van der Waals surface area (Å²) in [5.41, 5.74) is 5.75. The Kier molecular flexibility index (Phi) is 4.99. The molecule has 2 N–H and O–H groups in total. The average molecular weight is 229 g/mol. The van der Waals surface area contributed by atoms with Crippen LogP contribution in [0.5, 0.6) is 0 Å². The van der Waals surface area contributed by atoms with Crippen molar-refractivity contribution in [3.63, 3.8) is 0 Å². The topological polar surface area (TPSA) is 51.0 Å². The second-order valence-electron chi connectivity index (χ2n) is 4.45. The Morgan fingerprint density at radius 1 is 1.00 bits per heavy atom. The first kappa shape index (κ1) is 12.3. The van der Waals surface area contributed by atoms with Gasteiger partial charge in [-0.2, -0.15) is 0 Å². The first-order valence-electron chi connectivity index (χ1n) is 6.22. The van der Waals surface area contributed by atoms with E-state index in [1.165, 1.54) is 0 Å². The number of hydrogen-bond donors (Lipinski definition) is 1. The summed E-state index contributed by atoms with van der Waals surface area (Å²) in [5.74, 6) is 0. The second kappa shape index (κ2) is 6.51. The Bertz CT molecular complexity index is 198. The van der Waals surface area contributed by atoms with E-state index in [1.807, 2.05) is 0 Å². The third-order valence-electron chi connectivity index (χ3n) is 3.43. The lowest BCUT2D eigenvalue weighted by atomic mass is 10.2. The Labute approximate surface area is 97.5 Å². The Morgan fingerprint density at radius 2 is 1.75 bits per heavy atom. The van der Waals surface area contributed by atoms with Gasteiger partial charge in [0, 0.05) is 45.3 Å². The minimum absolute atomic E-state index is 0.412. The third-order valence-corrected chi connectivity index (χ3v) is 3.43. The van der Waals surface area contributed by atoms with Gasteiger partial charge < -0.3 is 15.2 Å². The van der Waals surface area contributed by atoms with E-state index in [0.717, 1.165) is 59.2 Å². The van der Waals surface area contributed by atoms with Gasteiger partial charge in [-0.1, -0.05) is 0 Å². The molecule has 1 atom stereocenters. The molecule has 0 spiro atoms. The van der Waals surface area contributed by atoms with Crippen LogP contribution in [0.2, 0.25) is 0 Å². The van der Waals surface area contributed by atoms with Crippen molar-refractivity contribution in [1.82, 2.24) is 9.80 Å². The number of hydrogen-bond acceptors (Lipinski definition) is 5. The van der Waals surface area contributed by atoms with E-state index >= 15 is 0 Å². The van der Waals surface area contributed by atoms with Crippen molar-refractivity contribution in [2.45, 2.75) is 6.04 Å². The summed E-state index contributed by atoms with van der Waals surface area (Å²) in [6.45, 7) is 9.47. The van der Waals surface area contributed by atoms with Gasteiger partial charge in [0.15, 0.2) is 0 Å². The fourth-order valence-electron chi connectivity index (χ4n) is 2.30. The minimum atomic E-state index is 0.412. The van der Waals surface area contributed by atoms with Crippen molar-refractivity contribution in [2.24, 2.45) is 5.73 Å². The van der Waals surface area contributed by atoms with E-state index in [-0.39, 0.29) is 0 Å². The predicted molar refractivity (Wildman–Crippen MR) is 62.5 cm³/mol. The molecule has 5 heteroatoms. The van der Waals surface area contributed by atoms with E-state index in [0.29, 0.717) is 12.6 Å². The van der Waals surface area contributed by atoms with Gasteiger partial charge in [-0.15, -0.1) is 0 Å². The molecule has 0 radical (unpaired) electrons. The quantitative estimate of drug-likeness (QED) is 0.668. The highest BCUT2D eigenvalue weighted by Crippen LogP contribution is 2.06. The summed E-state index contributed by atoms with van der Waals surface area (Å²) in [6, 6.07) is 0.412. The molecule has 0 aromatic heterocycles. The van der Waals surface area contributed by atoms with E-state index < -0.39 is 0 Å². The predicted octanol–water partition coefficient (Wildman–Crippen LogP) is -1.02. The zero-order valence-corrected chi connectivity index (χ0v) is 9.94. The van der Waals surface area contributed by atoms with Gasteiger partial charge in [0.05, 0.1) is 26.4 Å². The zero-order chi connectivity index (χ0) is 11.2. The van der Waals surface area contributed by atoms with Crippen LogP contribution < -0.4 is 5.73 Å². The molecule has 2 rings (SSSR count). The largest absolute Gasteiger partial charge is 0.379 e. The van der Waals surface area contributed by atoms with Crippen LogP contribution in [0.1, 0.15) is 0 Å². The average Bonchev–Trinajstić information content (AvgIpc) is 2.38. The molecule has 0 amide bonds. The van der Waals surface area contributed by atoms with Crippen LogP contribution in [-0.2, 0) is 9.47 Å². The fourth-order valence-corrected chi connectivity index (χ4v) is 2.30. The molecule has 0 bridgehead atoms. The standard InChI is InChI=1S/C11H23N3O2/c12-9-11-10-16-8-5-14(11)2-1-13-3-6-15-7-4-13/h11H,1-10,12H2. The lowest BCUT2D eigenvalue weighted by molar-refractivity contribution is -0.0153. The monoisotopic (exact) mass is 229 g/mol. The SMILES string of the molecule is NCC1COCCN1CCN1CCOCC1. The molecule has 94 valence electrons. The van der Waals surface area contributed by atoms with E-state index in [1.54, 1.807) is 0 Å². The first-order valence-corrected chi connectivity index (χ1v) is 6.22. The Hall–Kier alpha value is -0.200. The fraction of sp³-hybridized carbons (Fsp3) is 1.00. The van der Waals surface area contributed by atoms with Gasteiger partial charge in [-0.05, 0) is 0 Å². The summed E-state index contributed by atoms with van der Waals surface area (Å²) in [5, 5.41) is 0. The van der Waals surface area contributed by atoms with Crippen LogP contribution in [-0.4, -0.2) is 81.5 Å². The van der Waals surface area contributed by atoms with Crippen molar-refractivity contribution >= 4 is 0 Å². The summed E-state index contributed by atoms with van der Waals surface area (Å²) in [4.78, 5) is 4.92. The molecule has 2 saturated heterocycles. The molecular formula is C11H23N3O2. The van der Waals surface area contributed by atoms with E-state index in [2.05, 4.69) is 9.80 Å². The maximum atomic E-state index is 5.75. The van der Waals surface area contributed by atoms with Crippen LogP contribution in [0.25, 0.3) is 0 Å². The van der Waals surface area contributed by atoms with Crippen LogP contribution in [0.4, 0.5) is 0 Å². The molecule has 2 heterocycles. The van der Waals surface area contributed by atoms with Gasteiger partial charge in [0.2, 0.25) is 0 Å². The van der Waals surface area contributed by atoms with E-state index in [9.17, 15) is 0 Å². The molecule has 0 aliphatic carbocycles. The van der Waals surface area contributed by atoms with E-state index in [4.69, 9.17) is 15.2 Å². The maximum absolute atomic E-state index is 5.75. The lowest BCUT2D eigenvalue weighted by Gasteiger charge is -2.36. The van der Waals surface area contributed by atoms with Crippen molar-refractivity contribution in [3.8, 4) is 0 Å². The highest BCUT2D eigenvalue weighted by molar-refractivity contribution is 4.77. The molecule has 1 unspecified atom stereocenters. The number of nitrogens with zero attached hydrogens (tertiary/aromatic N) is 2. The van der Waals surface area contributed by atoms with Gasteiger partial charge in [0.25, 0.3) is 0 Å². The Balaban J connectivity index is 1.70. The normalized spacial score (nSPS) is 29.4. The molecule has 2 fully saturated rings. The van der Waals surface area contributed by atoms with Gasteiger partial charge in [0.1, 0.15) is 0 Å². The highest BCUT2D eigenvalue weighted by atomic mass is 16.5. The number of morpholine rings is 2. The molecule has 2 aliphatic heterocycles. The molecule has 2 aliphatic rings. The molecule has 0 aromatic rings. The minimum Gasteiger partial charge on any atom is -0.379 e. The highest BCUT2D eigenvalue weighted by Gasteiger charge is 2.22.